The minimum Gasteiger partial charge on any atom is -0.481 e. The monoisotopic (exact) mass is 276 g/mol. The van der Waals surface area contributed by atoms with Crippen LogP contribution in [0, 0.1) is 17.3 Å². The number of amides is 1. The molecule has 0 spiro atoms. The summed E-state index contributed by atoms with van der Waals surface area (Å²) >= 11 is 0. The molecular weight excluding hydrogens is 256 g/mol. The Labute approximate surface area is 118 Å². The third kappa shape index (κ3) is 2.28. The number of carbonyl (C=O) groups is 2. The minimum absolute atomic E-state index is 0.101. The van der Waals surface area contributed by atoms with Gasteiger partial charge in [0, 0.05) is 19.4 Å². The number of aromatic nitrogens is 1. The first-order valence-electron chi connectivity index (χ1n) is 6.68. The number of carboxylic acids is 1. The Morgan fingerprint density at radius 3 is 2.30 bits per heavy atom. The molecule has 0 aliphatic heterocycles. The predicted molar refractivity (Wildman–Crippen MR) is 73.8 cm³/mol. The van der Waals surface area contributed by atoms with Crippen LogP contribution >= 0.6 is 0 Å². The molecule has 1 amide bonds. The predicted octanol–water partition coefficient (Wildman–Crippen LogP) is 1.96. The highest BCUT2D eigenvalue weighted by Gasteiger charge is 2.66. The van der Waals surface area contributed by atoms with Gasteiger partial charge in [-0.2, -0.15) is 0 Å². The zero-order valence-electron chi connectivity index (χ0n) is 12.2. The van der Waals surface area contributed by atoms with E-state index in [2.05, 4.69) is 4.98 Å². The standard InChI is InChI=1S/C15H20N2O3/c1-9(10-5-7-16-8-6-10)17(4)13(18)11-12(14(19)20)15(11,2)3/h5-9,11-12H,1-4H3,(H,19,20)/t9?,11-,12+/m0/s1. The SMILES string of the molecule is CC(c1ccncc1)N(C)C(=O)[C@@H]1[C@H](C(=O)O)C1(C)C. The van der Waals surface area contributed by atoms with E-state index >= 15 is 0 Å². The molecule has 0 aromatic carbocycles. The summed E-state index contributed by atoms with van der Waals surface area (Å²) in [5.41, 5.74) is 0.524. The fraction of sp³-hybridized carbons (Fsp3) is 0.533. The van der Waals surface area contributed by atoms with Gasteiger partial charge in [0.1, 0.15) is 0 Å². The van der Waals surface area contributed by atoms with Gasteiger partial charge in [0.25, 0.3) is 0 Å². The van der Waals surface area contributed by atoms with Crippen LogP contribution in [0.2, 0.25) is 0 Å². The Morgan fingerprint density at radius 2 is 1.85 bits per heavy atom. The van der Waals surface area contributed by atoms with Crippen molar-refractivity contribution in [2.75, 3.05) is 7.05 Å². The Kier molecular flexibility index (Phi) is 3.54. The summed E-state index contributed by atoms with van der Waals surface area (Å²) in [5, 5.41) is 9.17. The molecule has 5 heteroatoms. The van der Waals surface area contributed by atoms with E-state index in [4.69, 9.17) is 5.11 Å². The Bertz CT molecular complexity index is 527. The third-order valence-electron chi connectivity index (χ3n) is 4.48. The van der Waals surface area contributed by atoms with Crippen molar-refractivity contribution in [3.8, 4) is 0 Å². The lowest BCUT2D eigenvalue weighted by Gasteiger charge is -2.26. The second-order valence-electron chi connectivity index (χ2n) is 6.02. The van der Waals surface area contributed by atoms with Crippen LogP contribution in [0.25, 0.3) is 0 Å². The number of hydrogen-bond acceptors (Lipinski definition) is 3. The van der Waals surface area contributed by atoms with Gasteiger partial charge in [-0.3, -0.25) is 14.6 Å². The summed E-state index contributed by atoms with van der Waals surface area (Å²) in [6.07, 6.45) is 3.37. The number of aliphatic carboxylic acids is 1. The second kappa shape index (κ2) is 4.89. The highest BCUT2D eigenvalue weighted by atomic mass is 16.4. The highest BCUT2D eigenvalue weighted by Crippen LogP contribution is 2.59. The van der Waals surface area contributed by atoms with E-state index in [0.29, 0.717) is 0 Å². The lowest BCUT2D eigenvalue weighted by molar-refractivity contribution is -0.142. The average molecular weight is 276 g/mol. The van der Waals surface area contributed by atoms with Crippen molar-refractivity contribution >= 4 is 11.9 Å². The Morgan fingerprint density at radius 1 is 1.30 bits per heavy atom. The number of pyridine rings is 1. The van der Waals surface area contributed by atoms with Crippen LogP contribution in [0.5, 0.6) is 0 Å². The second-order valence-corrected chi connectivity index (χ2v) is 6.02. The maximum absolute atomic E-state index is 12.5. The summed E-state index contributed by atoms with van der Waals surface area (Å²) in [4.78, 5) is 29.3. The van der Waals surface area contributed by atoms with Crippen molar-refractivity contribution < 1.29 is 14.7 Å². The van der Waals surface area contributed by atoms with Gasteiger partial charge in [-0.25, -0.2) is 0 Å². The Balaban J connectivity index is 2.13. The summed E-state index contributed by atoms with van der Waals surface area (Å²) in [6, 6.07) is 3.62. The number of carboxylic acid groups (broad SMARTS) is 1. The first-order valence-corrected chi connectivity index (χ1v) is 6.68. The van der Waals surface area contributed by atoms with Gasteiger partial charge in [0.15, 0.2) is 0 Å². The molecule has 0 bridgehead atoms. The maximum atomic E-state index is 12.5. The molecule has 1 aliphatic carbocycles. The van der Waals surface area contributed by atoms with E-state index in [1.54, 1.807) is 24.3 Å². The molecule has 2 rings (SSSR count). The molecule has 0 saturated heterocycles. The lowest BCUT2D eigenvalue weighted by Crippen LogP contribution is -2.32. The molecule has 108 valence electrons. The normalized spacial score (nSPS) is 24.8. The van der Waals surface area contributed by atoms with Gasteiger partial charge in [0.05, 0.1) is 17.9 Å². The van der Waals surface area contributed by atoms with Crippen LogP contribution in [0.4, 0.5) is 0 Å². The Hall–Kier alpha value is -1.91. The van der Waals surface area contributed by atoms with E-state index in [0.717, 1.165) is 5.56 Å². The third-order valence-corrected chi connectivity index (χ3v) is 4.48. The van der Waals surface area contributed by atoms with Crippen LogP contribution < -0.4 is 0 Å². The molecule has 1 aliphatic rings. The highest BCUT2D eigenvalue weighted by molar-refractivity contribution is 5.91. The van der Waals surface area contributed by atoms with Crippen LogP contribution in [-0.4, -0.2) is 33.9 Å². The maximum Gasteiger partial charge on any atom is 0.307 e. The molecule has 1 saturated carbocycles. The minimum atomic E-state index is -0.890. The summed E-state index contributed by atoms with van der Waals surface area (Å²) < 4.78 is 0. The topological polar surface area (TPSA) is 70.5 Å². The quantitative estimate of drug-likeness (QED) is 0.912. The zero-order chi connectivity index (χ0) is 15.1. The average Bonchev–Trinajstić information content (AvgIpc) is 3.00. The van der Waals surface area contributed by atoms with Crippen LogP contribution in [0.3, 0.4) is 0 Å². The molecule has 1 aromatic heterocycles. The van der Waals surface area contributed by atoms with E-state index in [-0.39, 0.29) is 11.9 Å². The van der Waals surface area contributed by atoms with Gasteiger partial charge < -0.3 is 10.0 Å². The van der Waals surface area contributed by atoms with Crippen molar-refractivity contribution in [1.29, 1.82) is 0 Å². The number of hydrogen-bond donors (Lipinski definition) is 1. The number of carbonyl (C=O) groups excluding carboxylic acids is 1. The molecule has 1 fully saturated rings. The molecule has 0 radical (unpaired) electrons. The first-order chi connectivity index (χ1) is 9.28. The number of rotatable bonds is 4. The van der Waals surface area contributed by atoms with Gasteiger partial charge in [-0.1, -0.05) is 13.8 Å². The largest absolute Gasteiger partial charge is 0.481 e. The van der Waals surface area contributed by atoms with E-state index in [1.807, 2.05) is 32.9 Å². The summed E-state index contributed by atoms with van der Waals surface area (Å²) in [6.45, 7) is 5.59. The molecule has 5 nitrogen and oxygen atoms in total. The molecular formula is C15H20N2O3. The van der Waals surface area contributed by atoms with Gasteiger partial charge in [-0.15, -0.1) is 0 Å². The van der Waals surface area contributed by atoms with E-state index < -0.39 is 23.2 Å². The first kappa shape index (κ1) is 14.5. The van der Waals surface area contributed by atoms with Gasteiger partial charge in [-0.05, 0) is 30.0 Å². The molecule has 1 aromatic rings. The van der Waals surface area contributed by atoms with E-state index in [9.17, 15) is 9.59 Å². The molecule has 3 atom stereocenters. The summed E-state index contributed by atoms with van der Waals surface area (Å²) in [7, 11) is 1.72. The zero-order valence-corrected chi connectivity index (χ0v) is 12.2. The van der Waals surface area contributed by atoms with Crippen molar-refractivity contribution in [3.05, 3.63) is 30.1 Å². The van der Waals surface area contributed by atoms with Gasteiger partial charge >= 0.3 is 5.97 Å². The van der Waals surface area contributed by atoms with Gasteiger partial charge in [0.2, 0.25) is 5.91 Å². The molecule has 20 heavy (non-hydrogen) atoms. The van der Waals surface area contributed by atoms with Crippen LogP contribution in [0.1, 0.15) is 32.4 Å². The van der Waals surface area contributed by atoms with Crippen LogP contribution in [0.15, 0.2) is 24.5 Å². The number of nitrogens with zero attached hydrogens (tertiary/aromatic N) is 2. The van der Waals surface area contributed by atoms with Crippen LogP contribution in [-0.2, 0) is 9.59 Å². The molecule has 1 heterocycles. The molecule has 1 unspecified atom stereocenters. The van der Waals surface area contributed by atoms with Crippen molar-refractivity contribution in [1.82, 2.24) is 9.88 Å². The van der Waals surface area contributed by atoms with Crippen molar-refractivity contribution in [2.45, 2.75) is 26.8 Å². The smallest absolute Gasteiger partial charge is 0.307 e. The van der Waals surface area contributed by atoms with Crippen molar-refractivity contribution in [3.63, 3.8) is 0 Å². The molecule has 1 N–H and O–H groups in total. The summed E-state index contributed by atoms with van der Waals surface area (Å²) in [5.74, 6) is -2.01. The lowest BCUT2D eigenvalue weighted by atomic mass is 10.1. The fourth-order valence-corrected chi connectivity index (χ4v) is 2.84. The van der Waals surface area contributed by atoms with E-state index in [1.165, 1.54) is 0 Å². The van der Waals surface area contributed by atoms with Crippen molar-refractivity contribution in [2.24, 2.45) is 17.3 Å². The fourth-order valence-electron chi connectivity index (χ4n) is 2.84.